The van der Waals surface area contributed by atoms with Gasteiger partial charge < -0.3 is 14.6 Å². The Morgan fingerprint density at radius 2 is 1.97 bits per heavy atom. The first-order valence-corrected chi connectivity index (χ1v) is 9.67. The number of nitrogens with one attached hydrogen (secondary N) is 2. The molecule has 0 unspecified atom stereocenters. The molecule has 0 saturated heterocycles. The third-order valence-electron chi connectivity index (χ3n) is 4.94. The molecule has 1 fully saturated rings. The average molecular weight is 400 g/mol. The smallest absolute Gasteiger partial charge is 0.338 e. The van der Waals surface area contributed by atoms with Crippen LogP contribution >= 0.6 is 0 Å². The van der Waals surface area contributed by atoms with Gasteiger partial charge in [-0.2, -0.15) is 0 Å². The number of aryl methyl sites for hydroxylation is 2. The van der Waals surface area contributed by atoms with Gasteiger partial charge >= 0.3 is 12.0 Å². The van der Waals surface area contributed by atoms with Crippen LogP contribution in [0.25, 0.3) is 11.0 Å². The van der Waals surface area contributed by atoms with Gasteiger partial charge in [0.25, 0.3) is 11.5 Å². The number of benzene rings is 1. The fourth-order valence-electron chi connectivity index (χ4n) is 3.48. The van der Waals surface area contributed by atoms with Crippen LogP contribution in [-0.4, -0.2) is 40.1 Å². The van der Waals surface area contributed by atoms with E-state index in [1.807, 2.05) is 6.92 Å². The number of ether oxygens (including phenoxy) is 1. The summed E-state index contributed by atoms with van der Waals surface area (Å²) in [5, 5.41) is 4.88. The summed E-state index contributed by atoms with van der Waals surface area (Å²) in [7, 11) is 0. The van der Waals surface area contributed by atoms with E-state index < -0.39 is 24.5 Å². The molecule has 1 aromatic heterocycles. The summed E-state index contributed by atoms with van der Waals surface area (Å²) in [5.41, 5.74) is 1.45. The highest BCUT2D eigenvalue weighted by Crippen LogP contribution is 2.17. The van der Waals surface area contributed by atoms with Crippen LogP contribution in [-0.2, 0) is 16.1 Å². The van der Waals surface area contributed by atoms with Gasteiger partial charge in [0.1, 0.15) is 5.69 Å². The van der Waals surface area contributed by atoms with Crippen molar-refractivity contribution in [1.82, 2.24) is 20.2 Å². The van der Waals surface area contributed by atoms with Crippen molar-refractivity contribution in [2.24, 2.45) is 0 Å². The summed E-state index contributed by atoms with van der Waals surface area (Å²) in [6.45, 7) is 3.37. The summed E-state index contributed by atoms with van der Waals surface area (Å²) < 4.78 is 6.57. The molecular weight excluding hydrogens is 376 g/mol. The van der Waals surface area contributed by atoms with E-state index in [1.165, 1.54) is 12.1 Å². The van der Waals surface area contributed by atoms with Crippen LogP contribution in [0.3, 0.4) is 0 Å². The minimum atomic E-state index is -0.716. The minimum absolute atomic E-state index is 0.0828. The first kappa shape index (κ1) is 20.5. The number of carbonyl (C=O) groups excluding carboxylic acids is 3. The van der Waals surface area contributed by atoms with Crippen LogP contribution in [0.4, 0.5) is 4.79 Å². The maximum atomic E-state index is 12.3. The van der Waals surface area contributed by atoms with Crippen molar-refractivity contribution in [3.8, 4) is 0 Å². The van der Waals surface area contributed by atoms with Crippen LogP contribution in [0.5, 0.6) is 0 Å². The van der Waals surface area contributed by atoms with Crippen LogP contribution in [0, 0.1) is 6.92 Å². The summed E-state index contributed by atoms with van der Waals surface area (Å²) in [5.74, 6) is -1.42. The second kappa shape index (κ2) is 8.85. The highest BCUT2D eigenvalue weighted by Gasteiger charge is 2.19. The fourth-order valence-corrected chi connectivity index (χ4v) is 3.48. The molecule has 154 valence electrons. The number of imide groups is 1. The SMILES string of the molecule is CCn1c(=O)c(C)nc2cc(C(=O)OCC(=O)NC(=O)NC3CCCC3)ccc21. The first-order valence-electron chi connectivity index (χ1n) is 9.67. The zero-order valence-corrected chi connectivity index (χ0v) is 16.5. The molecule has 0 spiro atoms. The Hall–Kier alpha value is -3.23. The Kier molecular flexibility index (Phi) is 6.26. The third kappa shape index (κ3) is 4.79. The fraction of sp³-hybridized carbons (Fsp3) is 0.450. The largest absolute Gasteiger partial charge is 0.452 e. The molecular formula is C20H24N4O5. The van der Waals surface area contributed by atoms with E-state index in [9.17, 15) is 19.2 Å². The van der Waals surface area contributed by atoms with Gasteiger partial charge in [0.2, 0.25) is 0 Å². The molecule has 3 amide bonds. The van der Waals surface area contributed by atoms with Crippen molar-refractivity contribution in [3.63, 3.8) is 0 Å². The standard InChI is InChI=1S/C20H24N4O5/c1-3-24-16-9-8-13(10-15(16)21-12(2)18(24)26)19(27)29-11-17(25)23-20(28)22-14-6-4-5-7-14/h8-10,14H,3-7,11H2,1-2H3,(H2,22,23,25,28). The topological polar surface area (TPSA) is 119 Å². The predicted molar refractivity (Wildman–Crippen MR) is 106 cm³/mol. The number of fused-ring (bicyclic) bond motifs is 1. The number of hydrogen-bond acceptors (Lipinski definition) is 6. The first-order chi connectivity index (χ1) is 13.9. The third-order valence-corrected chi connectivity index (χ3v) is 4.94. The van der Waals surface area contributed by atoms with Crippen molar-refractivity contribution < 1.29 is 19.1 Å². The number of amides is 3. The van der Waals surface area contributed by atoms with Crippen LogP contribution in [0.15, 0.2) is 23.0 Å². The average Bonchev–Trinajstić information content (AvgIpc) is 3.19. The molecule has 1 heterocycles. The van der Waals surface area contributed by atoms with Crippen LogP contribution < -0.4 is 16.2 Å². The maximum Gasteiger partial charge on any atom is 0.338 e. The van der Waals surface area contributed by atoms with Gasteiger partial charge in [-0.1, -0.05) is 12.8 Å². The van der Waals surface area contributed by atoms with E-state index in [0.29, 0.717) is 23.3 Å². The van der Waals surface area contributed by atoms with Gasteiger partial charge in [0.15, 0.2) is 6.61 Å². The van der Waals surface area contributed by atoms with E-state index in [2.05, 4.69) is 15.6 Å². The second-order valence-corrected chi connectivity index (χ2v) is 7.03. The summed E-state index contributed by atoms with van der Waals surface area (Å²) >= 11 is 0. The van der Waals surface area contributed by atoms with Gasteiger partial charge in [-0.05, 0) is 44.9 Å². The molecule has 2 aromatic rings. The molecule has 1 saturated carbocycles. The highest BCUT2D eigenvalue weighted by molar-refractivity contribution is 5.98. The van der Waals surface area contributed by atoms with Gasteiger partial charge in [0, 0.05) is 12.6 Å². The number of esters is 1. The monoisotopic (exact) mass is 400 g/mol. The minimum Gasteiger partial charge on any atom is -0.452 e. The Bertz CT molecular complexity index is 1010. The van der Waals surface area contributed by atoms with Crippen molar-refractivity contribution in [1.29, 1.82) is 0 Å². The van der Waals surface area contributed by atoms with E-state index in [4.69, 9.17) is 4.74 Å². The number of nitrogens with zero attached hydrogens (tertiary/aromatic N) is 2. The maximum absolute atomic E-state index is 12.3. The summed E-state index contributed by atoms with van der Waals surface area (Å²) in [4.78, 5) is 52.3. The quantitative estimate of drug-likeness (QED) is 0.737. The zero-order chi connectivity index (χ0) is 21.0. The Morgan fingerprint density at radius 1 is 1.24 bits per heavy atom. The van der Waals surface area contributed by atoms with Crippen molar-refractivity contribution >= 4 is 28.9 Å². The second-order valence-electron chi connectivity index (χ2n) is 7.03. The van der Waals surface area contributed by atoms with Crippen molar-refractivity contribution in [2.45, 2.75) is 52.1 Å². The van der Waals surface area contributed by atoms with Gasteiger partial charge in [-0.25, -0.2) is 14.6 Å². The van der Waals surface area contributed by atoms with Crippen molar-refractivity contribution in [2.75, 3.05) is 6.61 Å². The summed E-state index contributed by atoms with van der Waals surface area (Å²) in [6.07, 6.45) is 3.92. The number of rotatable bonds is 5. The lowest BCUT2D eigenvalue weighted by molar-refractivity contribution is -0.123. The van der Waals surface area contributed by atoms with E-state index in [1.54, 1.807) is 17.6 Å². The number of urea groups is 1. The molecule has 0 aliphatic heterocycles. The van der Waals surface area contributed by atoms with Gasteiger partial charge in [0.05, 0.1) is 16.6 Å². The van der Waals surface area contributed by atoms with Crippen LogP contribution in [0.1, 0.15) is 48.7 Å². The molecule has 1 aliphatic carbocycles. The zero-order valence-electron chi connectivity index (χ0n) is 16.5. The molecule has 3 rings (SSSR count). The predicted octanol–water partition coefficient (Wildman–Crippen LogP) is 1.65. The lowest BCUT2D eigenvalue weighted by atomic mass is 10.2. The number of carbonyl (C=O) groups is 3. The van der Waals surface area contributed by atoms with E-state index in [-0.39, 0.29) is 17.2 Å². The van der Waals surface area contributed by atoms with Gasteiger partial charge in [-0.3, -0.25) is 14.9 Å². The van der Waals surface area contributed by atoms with E-state index in [0.717, 1.165) is 25.7 Å². The normalized spacial score (nSPS) is 14.0. The highest BCUT2D eigenvalue weighted by atomic mass is 16.5. The molecule has 1 aromatic carbocycles. The van der Waals surface area contributed by atoms with Crippen LogP contribution in [0.2, 0.25) is 0 Å². The lowest BCUT2D eigenvalue weighted by Crippen LogP contribution is -2.44. The van der Waals surface area contributed by atoms with Gasteiger partial charge in [-0.15, -0.1) is 0 Å². The number of hydrogen-bond donors (Lipinski definition) is 2. The molecule has 1 aliphatic rings. The Morgan fingerprint density at radius 3 is 2.66 bits per heavy atom. The number of aromatic nitrogens is 2. The summed E-state index contributed by atoms with van der Waals surface area (Å²) in [6, 6.07) is 4.15. The Labute approximate surface area is 167 Å². The van der Waals surface area contributed by atoms with Crippen molar-refractivity contribution in [3.05, 3.63) is 39.8 Å². The Balaban J connectivity index is 1.60. The molecule has 0 bridgehead atoms. The molecule has 9 heteroatoms. The lowest BCUT2D eigenvalue weighted by Gasteiger charge is -2.12. The molecule has 29 heavy (non-hydrogen) atoms. The molecule has 0 radical (unpaired) electrons. The molecule has 0 atom stereocenters. The molecule has 9 nitrogen and oxygen atoms in total. The molecule has 2 N–H and O–H groups in total. The van der Waals surface area contributed by atoms with E-state index >= 15 is 0 Å².